The molecule has 4 rings (SSSR count). The molecule has 8 heteroatoms. The summed E-state index contributed by atoms with van der Waals surface area (Å²) in [6.45, 7) is 0. The van der Waals surface area contributed by atoms with Crippen molar-refractivity contribution in [2.24, 2.45) is 0 Å². The Bertz CT molecular complexity index is 1080. The molecular weight excluding hydrogens is 422 g/mol. The first-order chi connectivity index (χ1) is 14.3. The van der Waals surface area contributed by atoms with Crippen LogP contribution in [0.2, 0.25) is 0 Å². The molecule has 0 radical (unpaired) electrons. The Balaban J connectivity index is 1.71. The van der Waals surface area contributed by atoms with Crippen LogP contribution in [-0.4, -0.2) is 45.6 Å². The molecule has 0 aromatic heterocycles. The molecule has 30 heavy (non-hydrogen) atoms. The van der Waals surface area contributed by atoms with Crippen molar-refractivity contribution in [1.82, 2.24) is 0 Å². The van der Waals surface area contributed by atoms with Crippen molar-refractivity contribution in [3.8, 4) is 0 Å². The van der Waals surface area contributed by atoms with Gasteiger partial charge in [0.25, 0.3) is 10.0 Å². The number of hydrogen-bond acceptors (Lipinski definition) is 5. The summed E-state index contributed by atoms with van der Waals surface area (Å²) in [5.74, 6) is -0.373. The Morgan fingerprint density at radius 1 is 0.867 bits per heavy atom. The fraction of sp³-hybridized carbons (Fsp3) is 0.455. The average molecular weight is 450 g/mol. The molecule has 2 aromatic rings. The third kappa shape index (κ3) is 4.26. The highest BCUT2D eigenvalue weighted by Crippen LogP contribution is 2.35. The standard InChI is InChI=1S/C22H27NO5S2/c24-22-16-29(25,26)15-21(22)23(19-9-5-2-6-10-19)30(27,28)20-13-11-18(12-14-20)17-7-3-1-4-8-17/h2,5-6,9-14,17,21-22,24H,1,3-4,7-8,15-16H2/t21-,22-/m0/s1. The van der Waals surface area contributed by atoms with E-state index in [0.29, 0.717) is 11.6 Å². The summed E-state index contributed by atoms with van der Waals surface area (Å²) in [6, 6.07) is 14.3. The predicted molar refractivity (Wildman–Crippen MR) is 117 cm³/mol. The maximum absolute atomic E-state index is 13.6. The normalized spacial score (nSPS) is 24.6. The summed E-state index contributed by atoms with van der Waals surface area (Å²) in [7, 11) is -7.58. The van der Waals surface area contributed by atoms with Crippen LogP contribution in [0.4, 0.5) is 5.69 Å². The average Bonchev–Trinajstić information content (AvgIpc) is 3.01. The van der Waals surface area contributed by atoms with Crippen molar-refractivity contribution < 1.29 is 21.9 Å². The molecule has 162 valence electrons. The van der Waals surface area contributed by atoms with Gasteiger partial charge in [0.1, 0.15) is 0 Å². The minimum absolute atomic E-state index is 0.0995. The van der Waals surface area contributed by atoms with Gasteiger partial charge in [0.05, 0.1) is 34.2 Å². The molecule has 2 atom stereocenters. The number of aliphatic hydroxyl groups is 1. The molecule has 0 amide bonds. The molecule has 1 saturated carbocycles. The number of para-hydroxylation sites is 1. The Labute approximate surface area is 178 Å². The highest BCUT2D eigenvalue weighted by Gasteiger charge is 2.45. The molecule has 1 aliphatic heterocycles. The predicted octanol–water partition coefficient (Wildman–Crippen LogP) is 3.09. The second-order valence-corrected chi connectivity index (χ2v) is 12.2. The number of aliphatic hydroxyl groups excluding tert-OH is 1. The summed E-state index contributed by atoms with van der Waals surface area (Å²) in [4.78, 5) is 0.0995. The number of nitrogens with zero attached hydrogens (tertiary/aromatic N) is 1. The maximum atomic E-state index is 13.6. The van der Waals surface area contributed by atoms with Crippen molar-refractivity contribution >= 4 is 25.5 Å². The molecule has 1 saturated heterocycles. The van der Waals surface area contributed by atoms with Crippen LogP contribution < -0.4 is 4.31 Å². The van der Waals surface area contributed by atoms with Gasteiger partial charge >= 0.3 is 0 Å². The Morgan fingerprint density at radius 3 is 2.07 bits per heavy atom. The summed E-state index contributed by atoms with van der Waals surface area (Å²) in [5, 5.41) is 10.4. The summed E-state index contributed by atoms with van der Waals surface area (Å²) >= 11 is 0. The van der Waals surface area contributed by atoms with Crippen LogP contribution in [0.1, 0.15) is 43.6 Å². The van der Waals surface area contributed by atoms with Crippen molar-refractivity contribution in [3.63, 3.8) is 0 Å². The third-order valence-electron chi connectivity index (χ3n) is 6.12. The zero-order valence-electron chi connectivity index (χ0n) is 16.7. The van der Waals surface area contributed by atoms with Gasteiger partial charge in [0, 0.05) is 0 Å². The Hall–Kier alpha value is -1.90. The zero-order valence-corrected chi connectivity index (χ0v) is 18.4. The second kappa shape index (κ2) is 8.32. The largest absolute Gasteiger partial charge is 0.390 e. The monoisotopic (exact) mass is 449 g/mol. The minimum atomic E-state index is -4.06. The first-order valence-corrected chi connectivity index (χ1v) is 13.6. The van der Waals surface area contributed by atoms with E-state index in [1.165, 1.54) is 19.3 Å². The van der Waals surface area contributed by atoms with Gasteiger partial charge in [-0.05, 0) is 48.6 Å². The maximum Gasteiger partial charge on any atom is 0.264 e. The lowest BCUT2D eigenvalue weighted by molar-refractivity contribution is 0.184. The Kier molecular flexibility index (Phi) is 5.92. The number of hydrogen-bond donors (Lipinski definition) is 1. The first-order valence-electron chi connectivity index (χ1n) is 10.4. The van der Waals surface area contributed by atoms with Gasteiger partial charge in [-0.2, -0.15) is 0 Å². The van der Waals surface area contributed by atoms with Crippen molar-refractivity contribution in [1.29, 1.82) is 0 Å². The van der Waals surface area contributed by atoms with Gasteiger partial charge in [0.15, 0.2) is 9.84 Å². The first kappa shape index (κ1) is 21.3. The van der Waals surface area contributed by atoms with E-state index in [1.807, 2.05) is 12.1 Å². The lowest BCUT2D eigenvalue weighted by Crippen LogP contribution is -2.47. The van der Waals surface area contributed by atoms with E-state index in [2.05, 4.69) is 0 Å². The smallest absolute Gasteiger partial charge is 0.264 e. The number of rotatable bonds is 5. The van der Waals surface area contributed by atoms with Crippen LogP contribution in [0.5, 0.6) is 0 Å². The van der Waals surface area contributed by atoms with E-state index < -0.39 is 43.5 Å². The Morgan fingerprint density at radius 2 is 1.50 bits per heavy atom. The van der Waals surface area contributed by atoms with Gasteiger partial charge in [-0.3, -0.25) is 4.31 Å². The summed E-state index contributed by atoms with van der Waals surface area (Å²) in [6.07, 6.45) is 4.61. The molecule has 2 aromatic carbocycles. The fourth-order valence-corrected chi connectivity index (χ4v) is 8.12. The number of benzene rings is 2. The molecule has 1 aliphatic carbocycles. The van der Waals surface area contributed by atoms with Crippen LogP contribution in [0, 0.1) is 0 Å². The van der Waals surface area contributed by atoms with E-state index in [1.54, 1.807) is 42.5 Å². The van der Waals surface area contributed by atoms with Crippen LogP contribution >= 0.6 is 0 Å². The van der Waals surface area contributed by atoms with E-state index in [0.717, 1.165) is 22.7 Å². The van der Waals surface area contributed by atoms with Gasteiger partial charge in [-0.1, -0.05) is 49.6 Å². The fourth-order valence-electron chi connectivity index (χ4n) is 4.58. The molecule has 1 N–H and O–H groups in total. The molecule has 0 unspecified atom stereocenters. The van der Waals surface area contributed by atoms with Gasteiger partial charge < -0.3 is 5.11 Å². The number of sulfone groups is 1. The number of sulfonamides is 1. The second-order valence-electron chi connectivity index (χ2n) is 8.25. The van der Waals surface area contributed by atoms with Crippen molar-refractivity contribution in [2.45, 2.75) is 55.1 Å². The van der Waals surface area contributed by atoms with Crippen molar-refractivity contribution in [3.05, 3.63) is 60.2 Å². The molecule has 2 fully saturated rings. The van der Waals surface area contributed by atoms with Gasteiger partial charge in [-0.25, -0.2) is 16.8 Å². The van der Waals surface area contributed by atoms with Gasteiger partial charge in [-0.15, -0.1) is 0 Å². The number of anilines is 1. The van der Waals surface area contributed by atoms with E-state index in [9.17, 15) is 21.9 Å². The van der Waals surface area contributed by atoms with E-state index >= 15 is 0 Å². The third-order valence-corrected chi connectivity index (χ3v) is 9.69. The summed E-state index contributed by atoms with van der Waals surface area (Å²) < 4.78 is 52.4. The molecule has 6 nitrogen and oxygen atoms in total. The molecule has 1 heterocycles. The van der Waals surface area contributed by atoms with Crippen LogP contribution in [0.3, 0.4) is 0 Å². The van der Waals surface area contributed by atoms with E-state index in [-0.39, 0.29) is 4.90 Å². The van der Waals surface area contributed by atoms with Crippen molar-refractivity contribution in [2.75, 3.05) is 15.8 Å². The highest BCUT2D eigenvalue weighted by molar-refractivity contribution is 7.93. The molecular formula is C22H27NO5S2. The lowest BCUT2D eigenvalue weighted by Gasteiger charge is -2.31. The highest BCUT2D eigenvalue weighted by atomic mass is 32.2. The summed E-state index contributed by atoms with van der Waals surface area (Å²) in [5.41, 5.74) is 1.48. The zero-order chi connectivity index (χ0) is 21.4. The van der Waals surface area contributed by atoms with Crippen LogP contribution in [0.25, 0.3) is 0 Å². The SMILES string of the molecule is O=S1(=O)C[C@H](O)[C@@H](N(c2ccccc2)S(=O)(=O)c2ccc(C3CCCCC3)cc2)C1. The van der Waals surface area contributed by atoms with Crippen LogP contribution in [-0.2, 0) is 19.9 Å². The molecule has 2 aliphatic rings. The van der Waals surface area contributed by atoms with Crippen LogP contribution in [0.15, 0.2) is 59.5 Å². The van der Waals surface area contributed by atoms with Gasteiger partial charge in [0.2, 0.25) is 0 Å². The quantitative estimate of drug-likeness (QED) is 0.757. The topological polar surface area (TPSA) is 91.8 Å². The molecule has 0 spiro atoms. The van der Waals surface area contributed by atoms with E-state index in [4.69, 9.17) is 0 Å². The molecule has 0 bridgehead atoms. The minimum Gasteiger partial charge on any atom is -0.390 e. The lowest BCUT2D eigenvalue weighted by atomic mass is 9.84.